The van der Waals surface area contributed by atoms with Crippen LogP contribution in [-0.2, 0) is 0 Å². The average molecular weight is 100 g/mol. The monoisotopic (exact) mass is 100 g/mol. The Kier molecular flexibility index (Phi) is 0.780. The third-order valence-corrected chi connectivity index (χ3v) is 0.832. The molecule has 0 fully saturated rings. The van der Waals surface area contributed by atoms with E-state index in [9.17, 15) is 4.91 Å². The van der Waals surface area contributed by atoms with E-state index in [1.165, 1.54) is 0 Å². The Balaban J connectivity index is 2.72. The largest absolute Gasteiger partial charge is 0.420 e. The van der Waals surface area contributed by atoms with Gasteiger partial charge in [0.1, 0.15) is 13.1 Å². The summed E-state index contributed by atoms with van der Waals surface area (Å²) in [5.74, 6) is 0.111. The van der Waals surface area contributed by atoms with Gasteiger partial charge in [0.15, 0.2) is 0 Å². The minimum Gasteiger partial charge on any atom is -0.285 e. The molecule has 7 heavy (non-hydrogen) atoms. The van der Waals surface area contributed by atoms with Crippen LogP contribution in [0.25, 0.3) is 0 Å². The van der Waals surface area contributed by atoms with Crippen molar-refractivity contribution >= 4 is 5.96 Å². The highest BCUT2D eigenvalue weighted by molar-refractivity contribution is 5.69. The van der Waals surface area contributed by atoms with Gasteiger partial charge in [-0.1, -0.05) is 4.91 Å². The predicted octanol–water partition coefficient (Wildman–Crippen LogP) is -0.906. The summed E-state index contributed by atoms with van der Waals surface area (Å²) in [5, 5.41) is 0. The van der Waals surface area contributed by atoms with Gasteiger partial charge in [-0.3, -0.25) is 5.73 Å². The van der Waals surface area contributed by atoms with Crippen molar-refractivity contribution in [1.82, 2.24) is 0 Å². The molecular formula is C3H6N3O+. The van der Waals surface area contributed by atoms with Gasteiger partial charge < -0.3 is 0 Å². The Labute approximate surface area is 40.6 Å². The van der Waals surface area contributed by atoms with Gasteiger partial charge in [-0.2, -0.15) is 0 Å². The number of nitrogens with zero attached hydrogens (tertiary/aromatic N) is 2. The van der Waals surface area contributed by atoms with Gasteiger partial charge in [0.25, 0.3) is 0 Å². The lowest BCUT2D eigenvalue weighted by Crippen LogP contribution is -2.21. The molecule has 0 aliphatic carbocycles. The summed E-state index contributed by atoms with van der Waals surface area (Å²) in [7, 11) is 0. The number of rotatable bonds is 0. The summed E-state index contributed by atoms with van der Waals surface area (Å²) in [4.78, 5) is 13.9. The average Bonchev–Trinajstić information content (AvgIpc) is 1.91. The standard InChI is InChI=1S/C3H6N3O/c4-3-5-1-2-6(3)7/h1-2H2,(H2,4,5)/q+1. The lowest BCUT2D eigenvalue weighted by atomic mass is 10.7. The van der Waals surface area contributed by atoms with Crippen molar-refractivity contribution in [2.24, 2.45) is 10.7 Å². The number of nitrogens with two attached hydrogens (primary N) is 1. The molecule has 4 nitrogen and oxygen atoms in total. The first kappa shape index (κ1) is 4.23. The van der Waals surface area contributed by atoms with Crippen molar-refractivity contribution in [3.63, 3.8) is 0 Å². The zero-order chi connectivity index (χ0) is 5.28. The van der Waals surface area contributed by atoms with Gasteiger partial charge >= 0.3 is 5.96 Å². The highest BCUT2D eigenvalue weighted by atomic mass is 16.3. The van der Waals surface area contributed by atoms with Gasteiger partial charge in [0, 0.05) is 0 Å². The maximum Gasteiger partial charge on any atom is 0.420 e. The first-order chi connectivity index (χ1) is 3.30. The number of hydrogen-bond donors (Lipinski definition) is 1. The third kappa shape index (κ3) is 0.581. The molecule has 0 unspecified atom stereocenters. The van der Waals surface area contributed by atoms with Crippen LogP contribution in [0.4, 0.5) is 0 Å². The quantitative estimate of drug-likeness (QED) is 0.401. The fourth-order valence-electron chi connectivity index (χ4n) is 0.449. The molecule has 4 heteroatoms. The van der Waals surface area contributed by atoms with Crippen LogP contribution in [0, 0.1) is 4.91 Å². The Morgan fingerprint density at radius 3 is 2.71 bits per heavy atom. The van der Waals surface area contributed by atoms with Gasteiger partial charge in [-0.15, -0.1) is 4.99 Å². The van der Waals surface area contributed by atoms with E-state index in [2.05, 4.69) is 4.99 Å². The maximum absolute atomic E-state index is 10.2. The molecule has 0 atom stereocenters. The van der Waals surface area contributed by atoms with Crippen LogP contribution in [0.5, 0.6) is 0 Å². The molecule has 38 valence electrons. The van der Waals surface area contributed by atoms with Crippen LogP contribution < -0.4 is 5.73 Å². The van der Waals surface area contributed by atoms with E-state index < -0.39 is 0 Å². The molecule has 0 radical (unpaired) electrons. The zero-order valence-corrected chi connectivity index (χ0v) is 3.79. The molecule has 1 aliphatic heterocycles. The van der Waals surface area contributed by atoms with Gasteiger partial charge in [0.05, 0.1) is 0 Å². The van der Waals surface area contributed by atoms with E-state index in [4.69, 9.17) is 5.73 Å². The molecule has 0 saturated carbocycles. The van der Waals surface area contributed by atoms with Crippen LogP contribution in [-0.4, -0.2) is 23.8 Å². The first-order valence-corrected chi connectivity index (χ1v) is 2.05. The maximum atomic E-state index is 10.2. The smallest absolute Gasteiger partial charge is 0.285 e. The van der Waals surface area contributed by atoms with Crippen molar-refractivity contribution in [3.05, 3.63) is 4.91 Å². The van der Waals surface area contributed by atoms with Crippen LogP contribution in [0.15, 0.2) is 4.99 Å². The Hall–Kier alpha value is -0.930. The Morgan fingerprint density at radius 1 is 1.86 bits per heavy atom. The molecule has 0 aromatic carbocycles. The SMILES string of the molecule is NC1=NCC[N+]1=O. The highest BCUT2D eigenvalue weighted by Gasteiger charge is 2.17. The van der Waals surface area contributed by atoms with Crippen molar-refractivity contribution in [2.75, 3.05) is 13.1 Å². The number of nitroso groups, excluding NO2 is 1. The van der Waals surface area contributed by atoms with Crippen LogP contribution in [0.1, 0.15) is 0 Å². The summed E-state index contributed by atoms with van der Waals surface area (Å²) in [6.07, 6.45) is 0. The van der Waals surface area contributed by atoms with E-state index in [1.54, 1.807) is 0 Å². The number of hydrogen-bond acceptors (Lipinski definition) is 3. The van der Waals surface area contributed by atoms with Crippen LogP contribution in [0.2, 0.25) is 0 Å². The predicted molar refractivity (Wildman–Crippen MR) is 25.0 cm³/mol. The van der Waals surface area contributed by atoms with E-state index in [-0.39, 0.29) is 5.96 Å². The summed E-state index contributed by atoms with van der Waals surface area (Å²) in [6.45, 7) is 0.973. The van der Waals surface area contributed by atoms with Crippen LogP contribution >= 0.6 is 0 Å². The molecule has 2 N–H and O–H groups in total. The molecule has 1 aliphatic rings. The molecule has 0 bridgehead atoms. The number of guanidine groups is 1. The highest BCUT2D eigenvalue weighted by Crippen LogP contribution is 1.84. The second kappa shape index (κ2) is 1.29. The van der Waals surface area contributed by atoms with Crippen molar-refractivity contribution in [3.8, 4) is 0 Å². The van der Waals surface area contributed by atoms with Gasteiger partial charge in [0.2, 0.25) is 0 Å². The Morgan fingerprint density at radius 2 is 2.57 bits per heavy atom. The number of aliphatic imine (C=N–C) groups is 1. The molecule has 0 spiro atoms. The third-order valence-electron chi connectivity index (χ3n) is 0.832. The topological polar surface area (TPSA) is 58.5 Å². The molecule has 1 rings (SSSR count). The fourth-order valence-corrected chi connectivity index (χ4v) is 0.449. The molecule has 0 saturated heterocycles. The van der Waals surface area contributed by atoms with Crippen molar-refractivity contribution in [1.29, 1.82) is 0 Å². The summed E-state index contributed by atoms with van der Waals surface area (Å²) in [5.41, 5.74) is 5.04. The minimum absolute atomic E-state index is 0.111. The second-order valence-corrected chi connectivity index (χ2v) is 1.34. The summed E-state index contributed by atoms with van der Waals surface area (Å²) < 4.78 is 0.681. The summed E-state index contributed by atoms with van der Waals surface area (Å²) in [6, 6.07) is 0. The Bertz CT molecular complexity index is 128. The zero-order valence-electron chi connectivity index (χ0n) is 3.79. The molecular weight excluding hydrogens is 94.1 g/mol. The van der Waals surface area contributed by atoms with Crippen molar-refractivity contribution in [2.45, 2.75) is 0 Å². The van der Waals surface area contributed by atoms with Crippen molar-refractivity contribution < 1.29 is 4.76 Å². The summed E-state index contributed by atoms with van der Waals surface area (Å²) >= 11 is 0. The van der Waals surface area contributed by atoms with Crippen LogP contribution in [0.3, 0.4) is 0 Å². The molecule has 0 aromatic rings. The lowest BCUT2D eigenvalue weighted by molar-refractivity contribution is -0.419. The lowest BCUT2D eigenvalue weighted by Gasteiger charge is -1.75. The molecule has 1 heterocycles. The van der Waals surface area contributed by atoms with E-state index in [0.29, 0.717) is 17.8 Å². The molecule has 0 amide bonds. The van der Waals surface area contributed by atoms with E-state index >= 15 is 0 Å². The first-order valence-electron chi connectivity index (χ1n) is 2.05. The fraction of sp³-hybridized carbons (Fsp3) is 0.667. The second-order valence-electron chi connectivity index (χ2n) is 1.34. The van der Waals surface area contributed by atoms with E-state index in [1.807, 2.05) is 0 Å². The minimum atomic E-state index is 0.111. The van der Waals surface area contributed by atoms with Gasteiger partial charge in [-0.05, 0) is 4.76 Å². The van der Waals surface area contributed by atoms with E-state index in [0.717, 1.165) is 0 Å². The normalized spacial score (nSPS) is 20.0. The van der Waals surface area contributed by atoms with Gasteiger partial charge in [-0.25, -0.2) is 0 Å². The molecule has 0 aromatic heterocycles.